The smallest absolute Gasteiger partial charge is 0.296 e. The van der Waals surface area contributed by atoms with E-state index in [1.165, 1.54) is 0 Å². The molecule has 0 aromatic carbocycles. The third-order valence-electron chi connectivity index (χ3n) is 1.08. The lowest BCUT2D eigenvalue weighted by Gasteiger charge is -1.98. The van der Waals surface area contributed by atoms with Crippen LogP contribution in [0, 0.1) is 0 Å². The average Bonchev–Trinajstić information content (AvgIpc) is 2.30. The highest BCUT2D eigenvalue weighted by Gasteiger charge is 2.14. The van der Waals surface area contributed by atoms with E-state index in [2.05, 4.69) is 21.0 Å². The third-order valence-corrected chi connectivity index (χ3v) is 1.69. The fraction of sp³-hybridized carbons (Fsp3) is 0.200. The minimum absolute atomic E-state index is 0.153. The molecule has 11 heavy (non-hydrogen) atoms. The van der Waals surface area contributed by atoms with Gasteiger partial charge in [0, 0.05) is 0 Å². The van der Waals surface area contributed by atoms with Crippen molar-refractivity contribution in [2.75, 3.05) is 0 Å². The molecule has 1 heterocycles. The zero-order chi connectivity index (χ0) is 8.43. The second kappa shape index (κ2) is 3.08. The molecule has 1 aromatic rings. The Labute approximate surface area is 69.1 Å². The molecule has 0 radical (unpaired) electrons. The van der Waals surface area contributed by atoms with Gasteiger partial charge in [-0.05, 0) is 15.9 Å². The number of aldehydes is 1. The zero-order valence-electron chi connectivity index (χ0n) is 5.17. The van der Waals surface area contributed by atoms with Gasteiger partial charge in [-0.15, -0.1) is 0 Å². The summed E-state index contributed by atoms with van der Waals surface area (Å²) in [7, 11) is 0. The first kappa shape index (κ1) is 8.32. The Balaban J connectivity index is 3.15. The molecule has 0 aliphatic rings. The molecule has 0 unspecified atom stereocenters. The van der Waals surface area contributed by atoms with Gasteiger partial charge in [-0.2, -0.15) is 18.6 Å². The van der Waals surface area contributed by atoms with Crippen LogP contribution in [-0.2, 0) is 0 Å². The minimum atomic E-state index is -2.78. The normalized spacial score (nSPS) is 10.5. The van der Waals surface area contributed by atoms with Crippen molar-refractivity contribution in [3.05, 3.63) is 16.4 Å². The summed E-state index contributed by atoms with van der Waals surface area (Å²) in [6.07, 6.45) is 1.47. The van der Waals surface area contributed by atoms with Crippen LogP contribution in [0.25, 0.3) is 0 Å². The van der Waals surface area contributed by atoms with Gasteiger partial charge in [0.15, 0.2) is 6.29 Å². The molecule has 0 aliphatic heterocycles. The number of alkyl halides is 2. The molecule has 0 amide bonds. The molecule has 0 saturated heterocycles. The fourth-order valence-corrected chi connectivity index (χ4v) is 0.983. The van der Waals surface area contributed by atoms with Crippen LogP contribution in [0.2, 0.25) is 0 Å². The number of halogens is 3. The lowest BCUT2D eigenvalue weighted by Crippen LogP contribution is -2.04. The van der Waals surface area contributed by atoms with Crippen molar-refractivity contribution in [1.82, 2.24) is 9.78 Å². The van der Waals surface area contributed by atoms with Crippen LogP contribution in [0.4, 0.5) is 8.78 Å². The molecule has 1 aromatic heterocycles. The largest absolute Gasteiger partial charge is 0.333 e. The molecular formula is C5H3BrF2N2O. The Morgan fingerprint density at radius 1 is 1.73 bits per heavy atom. The van der Waals surface area contributed by atoms with Crippen molar-refractivity contribution in [3.8, 4) is 0 Å². The van der Waals surface area contributed by atoms with Gasteiger partial charge in [0.05, 0.1) is 10.7 Å². The lowest BCUT2D eigenvalue weighted by atomic mass is 10.5. The summed E-state index contributed by atoms with van der Waals surface area (Å²) in [6, 6.07) is 0. The van der Waals surface area contributed by atoms with Crippen LogP contribution >= 0.6 is 15.9 Å². The topological polar surface area (TPSA) is 34.9 Å². The number of carbonyl (C=O) groups excluding carboxylic acids is 1. The fourth-order valence-electron chi connectivity index (χ4n) is 0.616. The molecule has 0 saturated carbocycles. The Morgan fingerprint density at radius 2 is 2.36 bits per heavy atom. The first-order valence-corrected chi connectivity index (χ1v) is 3.42. The van der Waals surface area contributed by atoms with Crippen molar-refractivity contribution in [3.63, 3.8) is 0 Å². The third kappa shape index (κ3) is 1.45. The van der Waals surface area contributed by atoms with E-state index in [9.17, 15) is 13.6 Å². The lowest BCUT2D eigenvalue weighted by molar-refractivity contribution is 0.0532. The van der Waals surface area contributed by atoms with Crippen molar-refractivity contribution in [2.24, 2.45) is 0 Å². The Bertz CT molecular complexity index is 273. The minimum Gasteiger partial charge on any atom is -0.296 e. The molecule has 60 valence electrons. The summed E-state index contributed by atoms with van der Waals surface area (Å²) in [4.78, 5) is 10.2. The maximum absolute atomic E-state index is 11.9. The molecule has 6 heteroatoms. The van der Waals surface area contributed by atoms with Crippen LogP contribution in [-0.4, -0.2) is 16.1 Å². The van der Waals surface area contributed by atoms with E-state index in [0.29, 0.717) is 11.0 Å². The number of hydrogen-bond acceptors (Lipinski definition) is 2. The maximum atomic E-state index is 11.9. The van der Waals surface area contributed by atoms with Crippen LogP contribution < -0.4 is 0 Å². The average molecular weight is 225 g/mol. The number of aromatic nitrogens is 2. The van der Waals surface area contributed by atoms with Crippen molar-refractivity contribution >= 4 is 22.2 Å². The van der Waals surface area contributed by atoms with Gasteiger partial charge in [0.25, 0.3) is 0 Å². The van der Waals surface area contributed by atoms with E-state index in [4.69, 9.17) is 0 Å². The SMILES string of the molecule is O=Cc1c(Br)cnn1C(F)F. The van der Waals surface area contributed by atoms with Crippen LogP contribution in [0.3, 0.4) is 0 Å². The first-order valence-electron chi connectivity index (χ1n) is 2.63. The van der Waals surface area contributed by atoms with Gasteiger partial charge in [-0.3, -0.25) is 4.79 Å². The maximum Gasteiger partial charge on any atom is 0.333 e. The first-order chi connectivity index (χ1) is 5.16. The standard InChI is InChI=1S/C5H3BrF2N2O/c6-3-1-9-10(5(7)8)4(3)2-11/h1-2,5H. The summed E-state index contributed by atoms with van der Waals surface area (Å²) >= 11 is 2.90. The predicted octanol–water partition coefficient (Wildman–Crippen LogP) is 1.85. The summed E-state index contributed by atoms with van der Waals surface area (Å²) in [5, 5.41) is 3.27. The monoisotopic (exact) mass is 224 g/mol. The number of hydrogen-bond donors (Lipinski definition) is 0. The predicted molar refractivity (Wildman–Crippen MR) is 36.6 cm³/mol. The summed E-state index contributed by atoms with van der Waals surface area (Å²) in [5.74, 6) is 0. The van der Waals surface area contributed by atoms with E-state index >= 15 is 0 Å². The molecule has 3 nitrogen and oxygen atoms in total. The highest BCUT2D eigenvalue weighted by molar-refractivity contribution is 9.10. The molecule has 0 N–H and O–H groups in total. The Kier molecular flexibility index (Phi) is 2.33. The quantitative estimate of drug-likeness (QED) is 0.720. The molecule has 0 atom stereocenters. The summed E-state index contributed by atoms with van der Waals surface area (Å²) < 4.78 is 24.5. The van der Waals surface area contributed by atoms with Crippen LogP contribution in [0.1, 0.15) is 17.0 Å². The molecule has 0 spiro atoms. The summed E-state index contributed by atoms with van der Waals surface area (Å²) in [6.45, 7) is -2.78. The van der Waals surface area contributed by atoms with Gasteiger partial charge in [-0.1, -0.05) is 0 Å². The number of carbonyl (C=O) groups is 1. The van der Waals surface area contributed by atoms with Gasteiger partial charge in [0.2, 0.25) is 0 Å². The second-order valence-corrected chi connectivity index (χ2v) is 2.57. The van der Waals surface area contributed by atoms with E-state index in [1.54, 1.807) is 0 Å². The van der Waals surface area contributed by atoms with Crippen LogP contribution in [0.15, 0.2) is 10.7 Å². The Hall–Kier alpha value is -0.780. The number of rotatable bonds is 2. The van der Waals surface area contributed by atoms with Crippen molar-refractivity contribution in [2.45, 2.75) is 6.55 Å². The summed E-state index contributed by atoms with van der Waals surface area (Å²) in [5.41, 5.74) is -0.153. The van der Waals surface area contributed by atoms with Gasteiger partial charge in [0.1, 0.15) is 5.69 Å². The van der Waals surface area contributed by atoms with E-state index in [-0.39, 0.29) is 10.2 Å². The molecule has 0 fully saturated rings. The highest BCUT2D eigenvalue weighted by atomic mass is 79.9. The van der Waals surface area contributed by atoms with Gasteiger partial charge in [-0.25, -0.2) is 0 Å². The van der Waals surface area contributed by atoms with Crippen LogP contribution in [0.5, 0.6) is 0 Å². The van der Waals surface area contributed by atoms with Gasteiger partial charge < -0.3 is 0 Å². The highest BCUT2D eigenvalue weighted by Crippen LogP contribution is 2.18. The second-order valence-electron chi connectivity index (χ2n) is 1.72. The molecule has 0 aliphatic carbocycles. The molecule has 0 bridgehead atoms. The number of nitrogens with zero attached hydrogens (tertiary/aromatic N) is 2. The molecular weight excluding hydrogens is 222 g/mol. The van der Waals surface area contributed by atoms with Gasteiger partial charge >= 0.3 is 6.55 Å². The van der Waals surface area contributed by atoms with E-state index in [0.717, 1.165) is 6.20 Å². The van der Waals surface area contributed by atoms with Crippen molar-refractivity contribution in [1.29, 1.82) is 0 Å². The van der Waals surface area contributed by atoms with Crippen molar-refractivity contribution < 1.29 is 13.6 Å². The molecule has 1 rings (SSSR count). The zero-order valence-corrected chi connectivity index (χ0v) is 6.75. The van der Waals surface area contributed by atoms with E-state index in [1.807, 2.05) is 0 Å². The Morgan fingerprint density at radius 3 is 2.73 bits per heavy atom. The van der Waals surface area contributed by atoms with E-state index < -0.39 is 6.55 Å².